The molecule has 1 aromatic rings. The summed E-state index contributed by atoms with van der Waals surface area (Å²) >= 11 is 0. The van der Waals surface area contributed by atoms with E-state index in [2.05, 4.69) is 5.09 Å². The first-order valence-corrected chi connectivity index (χ1v) is 8.47. The van der Waals surface area contributed by atoms with Gasteiger partial charge in [0.15, 0.2) is 0 Å². The summed E-state index contributed by atoms with van der Waals surface area (Å²) in [5.41, 5.74) is -0.391. The third-order valence-electron chi connectivity index (χ3n) is 2.73. The molecule has 7 heteroatoms. The lowest BCUT2D eigenvalue weighted by molar-refractivity contribution is -0.144. The van der Waals surface area contributed by atoms with Crippen LogP contribution in [0.4, 0.5) is 4.39 Å². The number of benzene rings is 1. The Balaban J connectivity index is 2.88. The summed E-state index contributed by atoms with van der Waals surface area (Å²) in [5, 5.41) is 2.68. The lowest BCUT2D eigenvalue weighted by atomic mass is 10.3. The Kier molecular flexibility index (Phi) is 6.37. The maximum Gasteiger partial charge on any atom is 0.323 e. The van der Waals surface area contributed by atoms with Crippen molar-refractivity contribution in [2.45, 2.75) is 39.4 Å². The monoisotopic (exact) mass is 317 g/mol. The first kappa shape index (κ1) is 17.7. The Morgan fingerprint density at radius 3 is 2.57 bits per heavy atom. The molecule has 21 heavy (non-hydrogen) atoms. The minimum absolute atomic E-state index is 0.149. The standard InChI is InChI=1S/C14H21FNO4P/c1-5-19-14(17)11(4)16-21(18,10(2)3)20-13-8-6-7-12(15)9-13/h6-11H,5H2,1-4H3,(H,16,18)/t11-,21?/m0/s1. The second-order valence-electron chi connectivity index (χ2n) is 4.84. The lowest BCUT2D eigenvalue weighted by Gasteiger charge is -2.26. The van der Waals surface area contributed by atoms with Gasteiger partial charge in [-0.2, -0.15) is 0 Å². The fraction of sp³-hybridized carbons (Fsp3) is 0.500. The molecule has 0 radical (unpaired) electrons. The molecule has 0 bridgehead atoms. The highest BCUT2D eigenvalue weighted by molar-refractivity contribution is 7.58. The van der Waals surface area contributed by atoms with E-state index in [9.17, 15) is 13.8 Å². The molecule has 1 unspecified atom stereocenters. The zero-order valence-corrected chi connectivity index (χ0v) is 13.5. The van der Waals surface area contributed by atoms with Gasteiger partial charge in [0.1, 0.15) is 17.6 Å². The van der Waals surface area contributed by atoms with Crippen LogP contribution in [0, 0.1) is 5.82 Å². The second-order valence-corrected chi connectivity index (χ2v) is 7.51. The minimum atomic E-state index is -3.38. The van der Waals surface area contributed by atoms with Crippen LogP contribution in [0.15, 0.2) is 24.3 Å². The summed E-state index contributed by atoms with van der Waals surface area (Å²) < 4.78 is 36.3. The van der Waals surface area contributed by atoms with E-state index in [-0.39, 0.29) is 12.4 Å². The molecule has 1 aromatic carbocycles. The Hall–Kier alpha value is -1.39. The Labute approximate surface area is 124 Å². The number of hydrogen-bond donors (Lipinski definition) is 1. The summed E-state index contributed by atoms with van der Waals surface area (Å²) in [5.74, 6) is -0.849. The highest BCUT2D eigenvalue weighted by atomic mass is 31.2. The molecule has 0 aliphatic rings. The van der Waals surface area contributed by atoms with Crippen molar-refractivity contribution in [3.63, 3.8) is 0 Å². The molecule has 0 saturated carbocycles. The molecule has 2 atom stereocenters. The Morgan fingerprint density at radius 1 is 1.38 bits per heavy atom. The average Bonchev–Trinajstić information content (AvgIpc) is 2.38. The fourth-order valence-electron chi connectivity index (χ4n) is 1.55. The van der Waals surface area contributed by atoms with Crippen molar-refractivity contribution in [2.75, 3.05) is 6.61 Å². The maximum atomic E-state index is 13.2. The molecule has 0 aliphatic heterocycles. The maximum absolute atomic E-state index is 13.2. The number of carbonyl (C=O) groups excluding carboxylic acids is 1. The van der Waals surface area contributed by atoms with Crippen LogP contribution in [0.5, 0.6) is 5.75 Å². The van der Waals surface area contributed by atoms with E-state index in [1.54, 1.807) is 27.7 Å². The van der Waals surface area contributed by atoms with Crippen LogP contribution >= 0.6 is 7.52 Å². The highest BCUT2D eigenvalue weighted by Gasteiger charge is 2.33. The number of hydrogen-bond acceptors (Lipinski definition) is 4. The third-order valence-corrected chi connectivity index (χ3v) is 5.32. The van der Waals surface area contributed by atoms with E-state index in [1.165, 1.54) is 18.2 Å². The second kappa shape index (κ2) is 7.57. The largest absolute Gasteiger partial charge is 0.465 e. The van der Waals surface area contributed by atoms with E-state index in [4.69, 9.17) is 9.26 Å². The number of carbonyl (C=O) groups is 1. The van der Waals surface area contributed by atoms with E-state index in [1.807, 2.05) is 0 Å². The smallest absolute Gasteiger partial charge is 0.323 e. The normalized spacial score (nSPS) is 15.3. The van der Waals surface area contributed by atoms with Gasteiger partial charge in [-0.05, 0) is 26.0 Å². The fourth-order valence-corrected chi connectivity index (χ4v) is 3.18. The zero-order chi connectivity index (χ0) is 16.0. The van der Waals surface area contributed by atoms with Crippen LogP contribution in [0.25, 0.3) is 0 Å². The molecular formula is C14H21FNO4P. The Morgan fingerprint density at radius 2 is 2.05 bits per heavy atom. The van der Waals surface area contributed by atoms with Crippen molar-refractivity contribution < 1.29 is 23.0 Å². The lowest BCUT2D eigenvalue weighted by Crippen LogP contribution is -2.36. The molecule has 118 valence electrons. The quantitative estimate of drug-likeness (QED) is 0.617. The molecule has 0 saturated heterocycles. The summed E-state index contributed by atoms with van der Waals surface area (Å²) in [6, 6.07) is 4.60. The van der Waals surface area contributed by atoms with Crippen molar-refractivity contribution >= 4 is 13.5 Å². The molecular weight excluding hydrogens is 296 g/mol. The van der Waals surface area contributed by atoms with Gasteiger partial charge in [0.25, 0.3) is 0 Å². The van der Waals surface area contributed by atoms with Crippen LogP contribution < -0.4 is 9.61 Å². The summed E-state index contributed by atoms with van der Waals surface area (Å²) in [6.07, 6.45) is 0. The van der Waals surface area contributed by atoms with E-state index in [0.29, 0.717) is 0 Å². The van der Waals surface area contributed by atoms with E-state index in [0.717, 1.165) is 6.07 Å². The average molecular weight is 317 g/mol. The highest BCUT2D eigenvalue weighted by Crippen LogP contribution is 2.48. The summed E-state index contributed by atoms with van der Waals surface area (Å²) in [7, 11) is -3.38. The van der Waals surface area contributed by atoms with E-state index >= 15 is 0 Å². The van der Waals surface area contributed by atoms with Crippen molar-refractivity contribution in [2.24, 2.45) is 0 Å². The third kappa shape index (κ3) is 5.14. The molecule has 0 fully saturated rings. The SMILES string of the molecule is CCOC(=O)[C@H](C)NP(=O)(Oc1cccc(F)c1)C(C)C. The van der Waals surface area contributed by atoms with Gasteiger partial charge in [-0.3, -0.25) is 9.36 Å². The van der Waals surface area contributed by atoms with Gasteiger partial charge < -0.3 is 9.26 Å². The predicted octanol–water partition coefficient (Wildman–Crippen LogP) is 3.35. The topological polar surface area (TPSA) is 64.6 Å². The zero-order valence-electron chi connectivity index (χ0n) is 12.6. The molecule has 0 aromatic heterocycles. The predicted molar refractivity (Wildman–Crippen MR) is 79.0 cm³/mol. The molecule has 0 heterocycles. The van der Waals surface area contributed by atoms with Gasteiger partial charge in [-0.1, -0.05) is 19.9 Å². The molecule has 1 rings (SSSR count). The van der Waals surface area contributed by atoms with Crippen LogP contribution in [-0.4, -0.2) is 24.3 Å². The van der Waals surface area contributed by atoms with E-state index < -0.39 is 31.0 Å². The molecule has 0 aliphatic carbocycles. The first-order valence-electron chi connectivity index (χ1n) is 6.77. The summed E-state index contributed by atoms with van der Waals surface area (Å²) in [4.78, 5) is 11.6. The minimum Gasteiger partial charge on any atom is -0.465 e. The van der Waals surface area contributed by atoms with Crippen LogP contribution in [-0.2, 0) is 14.1 Å². The van der Waals surface area contributed by atoms with Gasteiger partial charge in [0.2, 0.25) is 0 Å². The van der Waals surface area contributed by atoms with Crippen molar-refractivity contribution in [3.8, 4) is 5.75 Å². The van der Waals surface area contributed by atoms with Crippen LogP contribution in [0.1, 0.15) is 27.7 Å². The van der Waals surface area contributed by atoms with Crippen molar-refractivity contribution in [1.82, 2.24) is 5.09 Å². The summed E-state index contributed by atoms with van der Waals surface area (Å²) in [6.45, 7) is 6.87. The molecule has 0 amide bonds. The van der Waals surface area contributed by atoms with Gasteiger partial charge in [0, 0.05) is 6.07 Å². The Bertz CT molecular complexity index is 535. The number of halogens is 1. The number of nitrogens with one attached hydrogen (secondary N) is 1. The molecule has 0 spiro atoms. The van der Waals surface area contributed by atoms with Gasteiger partial charge in [-0.15, -0.1) is 0 Å². The van der Waals surface area contributed by atoms with Gasteiger partial charge in [-0.25, -0.2) is 9.48 Å². The van der Waals surface area contributed by atoms with Crippen LogP contribution in [0.3, 0.4) is 0 Å². The molecule has 1 N–H and O–H groups in total. The van der Waals surface area contributed by atoms with Crippen molar-refractivity contribution in [1.29, 1.82) is 0 Å². The molecule has 5 nitrogen and oxygen atoms in total. The number of esters is 1. The van der Waals surface area contributed by atoms with Crippen LogP contribution in [0.2, 0.25) is 0 Å². The van der Waals surface area contributed by atoms with Gasteiger partial charge >= 0.3 is 13.5 Å². The first-order chi connectivity index (χ1) is 9.78. The van der Waals surface area contributed by atoms with Gasteiger partial charge in [0.05, 0.1) is 12.3 Å². The number of rotatable bonds is 7. The number of ether oxygens (including phenoxy) is 1. The van der Waals surface area contributed by atoms with Crippen molar-refractivity contribution in [3.05, 3.63) is 30.1 Å².